The van der Waals surface area contributed by atoms with E-state index in [-0.39, 0.29) is 5.41 Å². The van der Waals surface area contributed by atoms with Crippen molar-refractivity contribution in [2.45, 2.75) is 13.3 Å². The topological polar surface area (TPSA) is 47.7 Å². The molecular formula is C14H22N2O2. The molecule has 4 nitrogen and oxygen atoms in total. The summed E-state index contributed by atoms with van der Waals surface area (Å²) in [6, 6.07) is 6.13. The fourth-order valence-electron chi connectivity index (χ4n) is 2.50. The van der Waals surface area contributed by atoms with Crippen molar-refractivity contribution in [1.82, 2.24) is 4.90 Å². The van der Waals surface area contributed by atoms with E-state index in [0.29, 0.717) is 13.3 Å². The maximum atomic E-state index is 5.93. The third kappa shape index (κ3) is 2.94. The maximum Gasteiger partial charge on any atom is 0.231 e. The van der Waals surface area contributed by atoms with E-state index in [1.165, 1.54) is 5.56 Å². The van der Waals surface area contributed by atoms with Gasteiger partial charge in [0.15, 0.2) is 11.5 Å². The number of hydrogen-bond acceptors (Lipinski definition) is 4. The van der Waals surface area contributed by atoms with E-state index >= 15 is 0 Å². The molecule has 0 amide bonds. The van der Waals surface area contributed by atoms with Gasteiger partial charge in [0, 0.05) is 6.54 Å². The van der Waals surface area contributed by atoms with Gasteiger partial charge in [-0.3, -0.25) is 0 Å². The summed E-state index contributed by atoms with van der Waals surface area (Å²) in [5.74, 6) is 1.68. The first-order valence-electron chi connectivity index (χ1n) is 6.26. The standard InChI is InChI=1S/C14H22N2O2/c1-14(8-15,9-16(2)3)7-11-4-5-12-13(6-11)18-10-17-12/h4-6H,7-10,15H2,1-3H3. The lowest BCUT2D eigenvalue weighted by Gasteiger charge is -2.31. The Morgan fingerprint density at radius 1 is 1.28 bits per heavy atom. The van der Waals surface area contributed by atoms with Crippen LogP contribution in [0.1, 0.15) is 12.5 Å². The molecule has 2 N–H and O–H groups in total. The minimum atomic E-state index is 0.0806. The molecule has 18 heavy (non-hydrogen) atoms. The summed E-state index contributed by atoms with van der Waals surface area (Å²) in [7, 11) is 4.15. The molecule has 0 fully saturated rings. The Hall–Kier alpha value is -1.26. The summed E-state index contributed by atoms with van der Waals surface area (Å²) in [5, 5.41) is 0. The fourth-order valence-corrected chi connectivity index (χ4v) is 2.50. The summed E-state index contributed by atoms with van der Waals surface area (Å²) < 4.78 is 10.7. The van der Waals surface area contributed by atoms with E-state index in [9.17, 15) is 0 Å². The molecular weight excluding hydrogens is 228 g/mol. The third-order valence-electron chi connectivity index (χ3n) is 3.26. The number of nitrogens with zero attached hydrogens (tertiary/aromatic N) is 1. The van der Waals surface area contributed by atoms with Crippen LogP contribution in [0.15, 0.2) is 18.2 Å². The van der Waals surface area contributed by atoms with Crippen molar-refractivity contribution in [1.29, 1.82) is 0 Å². The average Bonchev–Trinajstić information content (AvgIpc) is 2.75. The second-order valence-corrected chi connectivity index (χ2v) is 5.62. The van der Waals surface area contributed by atoms with Gasteiger partial charge in [-0.2, -0.15) is 0 Å². The van der Waals surface area contributed by atoms with E-state index < -0.39 is 0 Å². The minimum Gasteiger partial charge on any atom is -0.454 e. The van der Waals surface area contributed by atoms with E-state index in [1.54, 1.807) is 0 Å². The zero-order valence-corrected chi connectivity index (χ0v) is 11.4. The molecule has 1 heterocycles. The van der Waals surface area contributed by atoms with Gasteiger partial charge in [0.2, 0.25) is 6.79 Å². The lowest BCUT2D eigenvalue weighted by molar-refractivity contribution is 0.174. The van der Waals surface area contributed by atoms with Crippen LogP contribution in [-0.4, -0.2) is 38.9 Å². The Labute approximate surface area is 109 Å². The molecule has 0 saturated heterocycles. The lowest BCUT2D eigenvalue weighted by atomic mass is 9.83. The summed E-state index contributed by atoms with van der Waals surface area (Å²) in [6.07, 6.45) is 0.943. The van der Waals surface area contributed by atoms with Gasteiger partial charge in [0.05, 0.1) is 0 Å². The molecule has 4 heteroatoms. The number of ether oxygens (including phenoxy) is 2. The molecule has 0 aliphatic carbocycles. The third-order valence-corrected chi connectivity index (χ3v) is 3.26. The monoisotopic (exact) mass is 250 g/mol. The van der Waals surface area contributed by atoms with Crippen molar-refractivity contribution in [2.75, 3.05) is 34.0 Å². The first kappa shape index (κ1) is 13.2. The molecule has 1 aliphatic rings. The van der Waals surface area contributed by atoms with Crippen LogP contribution in [0.2, 0.25) is 0 Å². The van der Waals surface area contributed by atoms with Crippen LogP contribution in [0.25, 0.3) is 0 Å². The first-order valence-corrected chi connectivity index (χ1v) is 6.26. The summed E-state index contributed by atoms with van der Waals surface area (Å²) in [5.41, 5.74) is 7.26. The molecule has 1 aromatic carbocycles. The number of benzene rings is 1. The number of hydrogen-bond donors (Lipinski definition) is 1. The Bertz CT molecular complexity index is 420. The van der Waals surface area contributed by atoms with Gasteiger partial charge in [-0.05, 0) is 50.2 Å². The van der Waals surface area contributed by atoms with Gasteiger partial charge in [-0.1, -0.05) is 13.0 Å². The molecule has 100 valence electrons. The van der Waals surface area contributed by atoms with Crippen LogP contribution in [0.4, 0.5) is 0 Å². The Balaban J connectivity index is 2.12. The second-order valence-electron chi connectivity index (χ2n) is 5.62. The second kappa shape index (κ2) is 5.16. The van der Waals surface area contributed by atoms with Crippen molar-refractivity contribution in [3.63, 3.8) is 0 Å². The zero-order chi connectivity index (χ0) is 13.2. The predicted octanol–water partition coefficient (Wildman–Crippen LogP) is 1.48. The van der Waals surface area contributed by atoms with Crippen LogP contribution in [0, 0.1) is 5.41 Å². The summed E-state index contributed by atoms with van der Waals surface area (Å²) in [6.45, 7) is 4.18. The van der Waals surface area contributed by atoms with Gasteiger partial charge >= 0.3 is 0 Å². The van der Waals surface area contributed by atoms with Gasteiger partial charge in [0.25, 0.3) is 0 Å². The molecule has 0 spiro atoms. The highest BCUT2D eigenvalue weighted by molar-refractivity contribution is 5.44. The van der Waals surface area contributed by atoms with Crippen molar-refractivity contribution in [3.05, 3.63) is 23.8 Å². The van der Waals surface area contributed by atoms with Gasteiger partial charge in [-0.25, -0.2) is 0 Å². The van der Waals surface area contributed by atoms with E-state index in [1.807, 2.05) is 6.07 Å². The number of rotatable bonds is 5. The lowest BCUT2D eigenvalue weighted by Crippen LogP contribution is -2.39. The van der Waals surface area contributed by atoms with E-state index in [4.69, 9.17) is 15.2 Å². The van der Waals surface area contributed by atoms with Crippen LogP contribution in [0.3, 0.4) is 0 Å². The Kier molecular flexibility index (Phi) is 3.78. The molecule has 1 atom stereocenters. The summed E-state index contributed by atoms with van der Waals surface area (Å²) >= 11 is 0. The SMILES string of the molecule is CN(C)CC(C)(CN)Cc1ccc2c(c1)OCO2. The van der Waals surface area contributed by atoms with E-state index in [0.717, 1.165) is 24.5 Å². The van der Waals surface area contributed by atoms with Crippen molar-refractivity contribution < 1.29 is 9.47 Å². The molecule has 0 radical (unpaired) electrons. The molecule has 1 aliphatic heterocycles. The fraction of sp³-hybridized carbons (Fsp3) is 0.571. The van der Waals surface area contributed by atoms with Gasteiger partial charge in [0.1, 0.15) is 0 Å². The molecule has 0 aromatic heterocycles. The van der Waals surface area contributed by atoms with Gasteiger partial charge < -0.3 is 20.1 Å². The normalized spacial score (nSPS) is 16.9. The molecule has 0 bridgehead atoms. The van der Waals surface area contributed by atoms with Crippen molar-refractivity contribution in [2.24, 2.45) is 11.1 Å². The van der Waals surface area contributed by atoms with Crippen LogP contribution in [-0.2, 0) is 6.42 Å². The maximum absolute atomic E-state index is 5.93. The Morgan fingerprint density at radius 3 is 2.67 bits per heavy atom. The van der Waals surface area contributed by atoms with Crippen LogP contribution < -0.4 is 15.2 Å². The quantitative estimate of drug-likeness (QED) is 0.860. The molecule has 0 saturated carbocycles. The number of fused-ring (bicyclic) bond motifs is 1. The summed E-state index contributed by atoms with van der Waals surface area (Å²) in [4.78, 5) is 2.18. The smallest absolute Gasteiger partial charge is 0.231 e. The minimum absolute atomic E-state index is 0.0806. The van der Waals surface area contributed by atoms with E-state index in [2.05, 4.69) is 38.1 Å². The number of nitrogens with two attached hydrogens (primary N) is 1. The Morgan fingerprint density at radius 2 is 2.00 bits per heavy atom. The highest BCUT2D eigenvalue weighted by atomic mass is 16.7. The molecule has 1 unspecified atom stereocenters. The highest BCUT2D eigenvalue weighted by Gasteiger charge is 2.25. The molecule has 1 aromatic rings. The first-order chi connectivity index (χ1) is 8.52. The highest BCUT2D eigenvalue weighted by Crippen LogP contribution is 2.34. The largest absolute Gasteiger partial charge is 0.454 e. The predicted molar refractivity (Wildman–Crippen MR) is 72.0 cm³/mol. The zero-order valence-electron chi connectivity index (χ0n) is 11.4. The van der Waals surface area contributed by atoms with Crippen LogP contribution in [0.5, 0.6) is 11.5 Å². The van der Waals surface area contributed by atoms with Gasteiger partial charge in [-0.15, -0.1) is 0 Å². The van der Waals surface area contributed by atoms with Crippen LogP contribution >= 0.6 is 0 Å². The molecule has 2 rings (SSSR count). The average molecular weight is 250 g/mol. The van der Waals surface area contributed by atoms with Crippen molar-refractivity contribution in [3.8, 4) is 11.5 Å². The van der Waals surface area contributed by atoms with Crippen molar-refractivity contribution >= 4 is 0 Å².